The monoisotopic (exact) mass is 485 g/mol. The van der Waals surface area contributed by atoms with Crippen molar-refractivity contribution in [1.29, 1.82) is 0 Å². The molecular weight excluding hydrogens is 468 g/mol. The molecule has 34 heavy (non-hydrogen) atoms. The van der Waals surface area contributed by atoms with E-state index in [0.717, 1.165) is 18.5 Å². The molecule has 3 aromatic heterocycles. The fraction of sp³-hybridized carbons (Fsp3) is 0.429. The normalized spacial score (nSPS) is 18.6. The van der Waals surface area contributed by atoms with Gasteiger partial charge in [0.25, 0.3) is 5.91 Å². The summed E-state index contributed by atoms with van der Waals surface area (Å²) in [7, 11) is 0. The molecule has 1 amide bonds. The molecule has 2 aliphatic carbocycles. The third kappa shape index (κ3) is 4.26. The van der Waals surface area contributed by atoms with Gasteiger partial charge in [-0.25, -0.2) is 4.98 Å². The van der Waals surface area contributed by atoms with Crippen LogP contribution in [-0.2, 0) is 18.9 Å². The molecule has 0 aliphatic heterocycles. The highest BCUT2D eigenvalue weighted by molar-refractivity contribution is 5.95. The van der Waals surface area contributed by atoms with Crippen molar-refractivity contribution < 1.29 is 35.6 Å². The SMILES string of the molecule is O=C(NC1CCCc2oc(-c3ccnc(C4CC4)c3)nc21)c1cn(C(F)(F)F)nc1C(F)(F)F. The molecule has 0 radical (unpaired) electrons. The molecular formula is C21H17F6N5O2. The van der Waals surface area contributed by atoms with E-state index in [1.807, 2.05) is 6.07 Å². The van der Waals surface area contributed by atoms with Gasteiger partial charge in [-0.15, -0.1) is 13.2 Å². The second-order valence-electron chi connectivity index (χ2n) is 8.29. The number of hydrogen-bond acceptors (Lipinski definition) is 5. The van der Waals surface area contributed by atoms with Gasteiger partial charge in [0, 0.05) is 36.0 Å². The van der Waals surface area contributed by atoms with Crippen molar-refractivity contribution in [2.24, 2.45) is 0 Å². The number of carbonyl (C=O) groups is 1. The average Bonchev–Trinajstić information content (AvgIpc) is 3.33. The summed E-state index contributed by atoms with van der Waals surface area (Å²) in [4.78, 5) is 21.4. The number of nitrogens with zero attached hydrogens (tertiary/aromatic N) is 4. The number of amides is 1. The van der Waals surface area contributed by atoms with Gasteiger partial charge in [0.05, 0.1) is 11.6 Å². The van der Waals surface area contributed by atoms with Gasteiger partial charge in [0.1, 0.15) is 11.5 Å². The molecule has 3 aromatic rings. The van der Waals surface area contributed by atoms with Crippen molar-refractivity contribution in [3.63, 3.8) is 0 Å². The maximum absolute atomic E-state index is 13.3. The first kappa shape index (κ1) is 22.4. The van der Waals surface area contributed by atoms with E-state index in [-0.39, 0.29) is 12.1 Å². The summed E-state index contributed by atoms with van der Waals surface area (Å²) in [5, 5.41) is 4.93. The predicted molar refractivity (Wildman–Crippen MR) is 103 cm³/mol. The number of aromatic nitrogens is 4. The highest BCUT2D eigenvalue weighted by Crippen LogP contribution is 2.40. The van der Waals surface area contributed by atoms with Crippen LogP contribution in [0.2, 0.25) is 0 Å². The molecule has 1 atom stereocenters. The zero-order chi connectivity index (χ0) is 24.3. The van der Waals surface area contributed by atoms with Crippen LogP contribution in [0.3, 0.4) is 0 Å². The number of nitrogens with one attached hydrogen (secondary N) is 1. The number of halogens is 6. The van der Waals surface area contributed by atoms with Gasteiger partial charge in [0.2, 0.25) is 5.89 Å². The summed E-state index contributed by atoms with van der Waals surface area (Å²) < 4.78 is 83.5. The number of carbonyl (C=O) groups excluding carboxylic acids is 1. The molecule has 2 aliphatic rings. The molecule has 1 fully saturated rings. The van der Waals surface area contributed by atoms with Crippen LogP contribution >= 0.6 is 0 Å². The average molecular weight is 485 g/mol. The Morgan fingerprint density at radius 1 is 1.15 bits per heavy atom. The summed E-state index contributed by atoms with van der Waals surface area (Å²) in [5.74, 6) is -0.170. The van der Waals surface area contributed by atoms with Crippen LogP contribution in [0.4, 0.5) is 26.3 Å². The van der Waals surface area contributed by atoms with Crippen molar-refractivity contribution in [1.82, 2.24) is 25.1 Å². The number of fused-ring (bicyclic) bond motifs is 1. The molecule has 0 saturated heterocycles. The Morgan fingerprint density at radius 2 is 1.91 bits per heavy atom. The van der Waals surface area contributed by atoms with Crippen LogP contribution in [0, 0.1) is 0 Å². The van der Waals surface area contributed by atoms with E-state index in [2.05, 4.69) is 20.4 Å². The third-order valence-corrected chi connectivity index (χ3v) is 5.77. The lowest BCUT2D eigenvalue weighted by Gasteiger charge is -2.21. The Balaban J connectivity index is 1.43. The van der Waals surface area contributed by atoms with Crippen LogP contribution in [-0.4, -0.2) is 25.7 Å². The van der Waals surface area contributed by atoms with Gasteiger partial charge in [-0.3, -0.25) is 9.78 Å². The molecule has 180 valence electrons. The largest absolute Gasteiger partial charge is 0.504 e. The lowest BCUT2D eigenvalue weighted by Crippen LogP contribution is -2.32. The van der Waals surface area contributed by atoms with E-state index in [1.54, 1.807) is 12.3 Å². The topological polar surface area (TPSA) is 85.8 Å². The van der Waals surface area contributed by atoms with E-state index in [0.29, 0.717) is 42.2 Å². The summed E-state index contributed by atoms with van der Waals surface area (Å²) in [6.07, 6.45) is -5.28. The van der Waals surface area contributed by atoms with Crippen molar-refractivity contribution in [3.05, 3.63) is 52.9 Å². The molecule has 0 bridgehead atoms. The molecule has 13 heteroatoms. The van der Waals surface area contributed by atoms with Crippen LogP contribution in [0.25, 0.3) is 11.5 Å². The van der Waals surface area contributed by atoms with Crippen molar-refractivity contribution in [2.75, 3.05) is 0 Å². The summed E-state index contributed by atoms with van der Waals surface area (Å²) in [6, 6.07) is 2.76. The minimum atomic E-state index is -5.25. The molecule has 0 spiro atoms. The Kier molecular flexibility index (Phi) is 5.17. The second-order valence-corrected chi connectivity index (χ2v) is 8.29. The molecule has 1 unspecified atom stereocenters. The number of hydrogen-bond donors (Lipinski definition) is 1. The van der Waals surface area contributed by atoms with Crippen molar-refractivity contribution in [3.8, 4) is 11.5 Å². The van der Waals surface area contributed by atoms with E-state index < -0.39 is 40.4 Å². The molecule has 0 aromatic carbocycles. The fourth-order valence-corrected chi connectivity index (χ4v) is 3.98. The van der Waals surface area contributed by atoms with Crippen molar-refractivity contribution >= 4 is 5.91 Å². The lowest BCUT2D eigenvalue weighted by atomic mass is 9.96. The van der Waals surface area contributed by atoms with Crippen LogP contribution < -0.4 is 5.32 Å². The van der Waals surface area contributed by atoms with Gasteiger partial charge in [-0.1, -0.05) is 0 Å². The van der Waals surface area contributed by atoms with E-state index >= 15 is 0 Å². The number of rotatable bonds is 4. The maximum atomic E-state index is 13.3. The highest BCUT2D eigenvalue weighted by atomic mass is 19.4. The number of oxazole rings is 1. The Bertz CT molecular complexity index is 1240. The number of aryl methyl sites for hydroxylation is 1. The van der Waals surface area contributed by atoms with E-state index in [4.69, 9.17) is 4.42 Å². The summed E-state index contributed by atoms with van der Waals surface area (Å²) in [6.45, 7) is 0. The van der Waals surface area contributed by atoms with Crippen molar-refractivity contribution in [2.45, 2.75) is 56.5 Å². The Hall–Kier alpha value is -3.38. The first-order valence-corrected chi connectivity index (χ1v) is 10.5. The Labute approximate surface area is 188 Å². The minimum Gasteiger partial charge on any atom is -0.441 e. The highest BCUT2D eigenvalue weighted by Gasteiger charge is 2.43. The van der Waals surface area contributed by atoms with Gasteiger partial charge >= 0.3 is 12.5 Å². The van der Waals surface area contributed by atoms with Crippen LogP contribution in [0.1, 0.15) is 70.8 Å². The standard InChI is InChI=1S/C21H17F6N5O2/c22-20(23,24)17-12(9-32(31-17)21(25,26)27)18(33)29-13-2-1-3-15-16(13)30-19(34-15)11-6-7-28-14(8-11)10-4-5-10/h6-10,13H,1-5H2,(H,29,33). The minimum absolute atomic E-state index is 0.0342. The Morgan fingerprint density at radius 3 is 2.59 bits per heavy atom. The molecule has 1 saturated carbocycles. The van der Waals surface area contributed by atoms with Gasteiger partial charge in [-0.05, 0) is 37.8 Å². The number of pyridine rings is 1. The smallest absolute Gasteiger partial charge is 0.441 e. The zero-order valence-corrected chi connectivity index (χ0v) is 17.4. The summed E-state index contributed by atoms with van der Waals surface area (Å²) in [5.41, 5.74) is -1.19. The first-order chi connectivity index (χ1) is 16.0. The molecule has 5 rings (SSSR count). The van der Waals surface area contributed by atoms with Crippen LogP contribution in [0.5, 0.6) is 0 Å². The maximum Gasteiger partial charge on any atom is 0.504 e. The zero-order valence-electron chi connectivity index (χ0n) is 17.4. The predicted octanol–water partition coefficient (Wildman–Crippen LogP) is 5.11. The third-order valence-electron chi connectivity index (χ3n) is 5.77. The molecule has 1 N–H and O–H groups in total. The van der Waals surface area contributed by atoms with Gasteiger partial charge < -0.3 is 9.73 Å². The first-order valence-electron chi connectivity index (χ1n) is 10.5. The lowest BCUT2D eigenvalue weighted by molar-refractivity contribution is -0.214. The van der Waals surface area contributed by atoms with Gasteiger partial charge in [0.15, 0.2) is 5.69 Å². The quantitative estimate of drug-likeness (QED) is 0.519. The second kappa shape index (κ2) is 7.84. The van der Waals surface area contributed by atoms with Gasteiger partial charge in [-0.2, -0.15) is 23.0 Å². The molecule has 3 heterocycles. The summed E-state index contributed by atoms with van der Waals surface area (Å²) >= 11 is 0. The molecule has 7 nitrogen and oxygen atoms in total. The van der Waals surface area contributed by atoms with E-state index in [1.165, 1.54) is 0 Å². The number of alkyl halides is 6. The van der Waals surface area contributed by atoms with Crippen LogP contribution in [0.15, 0.2) is 28.9 Å². The van der Waals surface area contributed by atoms with E-state index in [9.17, 15) is 31.1 Å². The fourth-order valence-electron chi connectivity index (χ4n) is 3.98.